The molecule has 25 heavy (non-hydrogen) atoms. The van der Waals surface area contributed by atoms with Crippen LogP contribution in [-0.2, 0) is 14.8 Å². The first-order valence-electron chi connectivity index (χ1n) is 8.10. The van der Waals surface area contributed by atoms with Crippen LogP contribution in [0.25, 0.3) is 11.0 Å². The van der Waals surface area contributed by atoms with Gasteiger partial charge in [0.2, 0.25) is 15.9 Å². The van der Waals surface area contributed by atoms with Gasteiger partial charge in [0, 0.05) is 31.6 Å². The maximum absolute atomic E-state index is 12.8. The lowest BCUT2D eigenvalue weighted by molar-refractivity contribution is -0.140. The molecule has 0 unspecified atom stereocenters. The molecule has 1 fully saturated rings. The Morgan fingerprint density at radius 2 is 1.64 bits per heavy atom. The van der Waals surface area contributed by atoms with E-state index in [4.69, 9.17) is 0 Å². The minimum absolute atomic E-state index is 0.0239. The molecule has 136 valence electrons. The normalized spacial score (nSPS) is 17.2. The molecule has 1 aromatic carbocycles. The predicted molar refractivity (Wildman–Crippen MR) is 93.7 cm³/mol. The first-order valence-corrected chi connectivity index (χ1v) is 9.54. The van der Waals surface area contributed by atoms with Crippen molar-refractivity contribution in [1.82, 2.24) is 19.2 Å². The highest BCUT2D eigenvalue weighted by atomic mass is 32.2. The average molecular weight is 366 g/mol. The number of rotatable bonds is 2. The highest BCUT2D eigenvalue weighted by Gasteiger charge is 2.33. The lowest BCUT2D eigenvalue weighted by atomic mass is 9.94. The standard InChI is InChI=1S/C16H22N4O4S/c1-16(2,3)14(21)19-6-8-20(9-7-19)25(23,24)11-4-5-12-13(10-11)18-15(22)17-12/h4-5,10H,6-9H2,1-3H3,(H2,17,18,22). The van der Waals surface area contributed by atoms with Crippen LogP contribution < -0.4 is 5.69 Å². The van der Waals surface area contributed by atoms with Crippen LogP contribution in [0.5, 0.6) is 0 Å². The fraction of sp³-hybridized carbons (Fsp3) is 0.500. The second kappa shape index (κ2) is 5.99. The van der Waals surface area contributed by atoms with Crippen LogP contribution in [0.4, 0.5) is 0 Å². The van der Waals surface area contributed by atoms with Crippen LogP contribution in [0.2, 0.25) is 0 Å². The molecule has 0 radical (unpaired) electrons. The van der Waals surface area contributed by atoms with Crippen molar-refractivity contribution in [3.63, 3.8) is 0 Å². The monoisotopic (exact) mass is 366 g/mol. The molecule has 2 heterocycles. The van der Waals surface area contributed by atoms with E-state index >= 15 is 0 Å². The third-order valence-corrected chi connectivity index (χ3v) is 6.19. The number of carbonyl (C=O) groups excluding carboxylic acids is 1. The number of piperazine rings is 1. The minimum Gasteiger partial charge on any atom is -0.340 e. The summed E-state index contributed by atoms with van der Waals surface area (Å²) in [6.45, 7) is 6.82. The zero-order chi connectivity index (χ0) is 18.4. The van der Waals surface area contributed by atoms with Crippen molar-refractivity contribution in [2.75, 3.05) is 26.2 Å². The van der Waals surface area contributed by atoms with Crippen molar-refractivity contribution in [3.8, 4) is 0 Å². The van der Waals surface area contributed by atoms with E-state index in [1.54, 1.807) is 11.0 Å². The smallest absolute Gasteiger partial charge is 0.323 e. The Bertz CT molecular complexity index is 960. The lowest BCUT2D eigenvalue weighted by Gasteiger charge is -2.37. The van der Waals surface area contributed by atoms with Gasteiger partial charge < -0.3 is 14.9 Å². The number of amides is 1. The van der Waals surface area contributed by atoms with Crippen molar-refractivity contribution in [2.45, 2.75) is 25.7 Å². The number of hydrogen-bond donors (Lipinski definition) is 2. The summed E-state index contributed by atoms with van der Waals surface area (Å²) < 4.78 is 27.0. The number of nitrogens with zero attached hydrogens (tertiary/aromatic N) is 2. The van der Waals surface area contributed by atoms with E-state index < -0.39 is 15.4 Å². The molecule has 1 aliphatic heterocycles. The molecule has 1 amide bonds. The summed E-state index contributed by atoms with van der Waals surface area (Å²) in [4.78, 5) is 30.6. The Balaban J connectivity index is 1.79. The van der Waals surface area contributed by atoms with E-state index in [1.807, 2.05) is 20.8 Å². The zero-order valence-electron chi connectivity index (χ0n) is 14.5. The van der Waals surface area contributed by atoms with Crippen LogP contribution in [0, 0.1) is 5.41 Å². The van der Waals surface area contributed by atoms with Gasteiger partial charge in [0.25, 0.3) is 0 Å². The van der Waals surface area contributed by atoms with Crippen molar-refractivity contribution in [2.24, 2.45) is 5.41 Å². The second-order valence-electron chi connectivity index (χ2n) is 7.23. The van der Waals surface area contributed by atoms with E-state index in [-0.39, 0.29) is 29.6 Å². The largest absolute Gasteiger partial charge is 0.340 e. The molecule has 0 spiro atoms. The highest BCUT2D eigenvalue weighted by Crippen LogP contribution is 2.23. The molecule has 1 aliphatic rings. The van der Waals surface area contributed by atoms with Crippen LogP contribution in [0.3, 0.4) is 0 Å². The number of nitrogens with one attached hydrogen (secondary N) is 2. The van der Waals surface area contributed by atoms with Gasteiger partial charge in [-0.3, -0.25) is 4.79 Å². The van der Waals surface area contributed by atoms with E-state index in [9.17, 15) is 18.0 Å². The lowest BCUT2D eigenvalue weighted by Crippen LogP contribution is -2.52. The van der Waals surface area contributed by atoms with Gasteiger partial charge in [-0.15, -0.1) is 0 Å². The third kappa shape index (κ3) is 3.34. The van der Waals surface area contributed by atoms with Crippen LogP contribution in [-0.4, -0.2) is 59.7 Å². The van der Waals surface area contributed by atoms with Crippen LogP contribution >= 0.6 is 0 Å². The van der Waals surface area contributed by atoms with Gasteiger partial charge in [0.05, 0.1) is 15.9 Å². The molecule has 0 bridgehead atoms. The van der Waals surface area contributed by atoms with Gasteiger partial charge in [-0.25, -0.2) is 13.2 Å². The number of carbonyl (C=O) groups is 1. The summed E-state index contributed by atoms with van der Waals surface area (Å²) in [5.41, 5.74) is 0.155. The molecule has 0 aliphatic carbocycles. The highest BCUT2D eigenvalue weighted by molar-refractivity contribution is 7.89. The van der Waals surface area contributed by atoms with Crippen molar-refractivity contribution in [1.29, 1.82) is 0 Å². The second-order valence-corrected chi connectivity index (χ2v) is 9.17. The summed E-state index contributed by atoms with van der Waals surface area (Å²) >= 11 is 0. The number of aromatic amines is 2. The summed E-state index contributed by atoms with van der Waals surface area (Å²) in [7, 11) is -3.67. The Hall–Kier alpha value is -2.13. The van der Waals surface area contributed by atoms with E-state index in [0.717, 1.165) is 0 Å². The van der Waals surface area contributed by atoms with Crippen molar-refractivity contribution < 1.29 is 13.2 Å². The first-order chi connectivity index (χ1) is 11.6. The summed E-state index contributed by atoms with van der Waals surface area (Å²) in [6.07, 6.45) is 0. The maximum Gasteiger partial charge on any atom is 0.323 e. The number of hydrogen-bond acceptors (Lipinski definition) is 4. The van der Waals surface area contributed by atoms with Gasteiger partial charge in [-0.2, -0.15) is 4.31 Å². The molecular weight excluding hydrogens is 344 g/mol. The van der Waals surface area contributed by atoms with Gasteiger partial charge in [-0.1, -0.05) is 20.8 Å². The molecule has 0 saturated carbocycles. The fourth-order valence-electron chi connectivity index (χ4n) is 2.93. The molecule has 9 heteroatoms. The van der Waals surface area contributed by atoms with Gasteiger partial charge in [0.1, 0.15) is 0 Å². The van der Waals surface area contributed by atoms with Gasteiger partial charge in [0.15, 0.2) is 0 Å². The molecule has 3 rings (SSSR count). The Morgan fingerprint density at radius 3 is 2.24 bits per heavy atom. The molecule has 0 atom stereocenters. The SMILES string of the molecule is CC(C)(C)C(=O)N1CCN(S(=O)(=O)c2ccc3[nH]c(=O)[nH]c3c2)CC1. The van der Waals surface area contributed by atoms with Crippen molar-refractivity contribution in [3.05, 3.63) is 28.7 Å². The fourth-order valence-corrected chi connectivity index (χ4v) is 4.38. The van der Waals surface area contributed by atoms with Crippen LogP contribution in [0.1, 0.15) is 20.8 Å². The molecule has 1 aromatic heterocycles. The Kier molecular flexibility index (Phi) is 4.24. The van der Waals surface area contributed by atoms with E-state index in [0.29, 0.717) is 24.1 Å². The summed E-state index contributed by atoms with van der Waals surface area (Å²) in [5, 5.41) is 0. The average Bonchev–Trinajstić information content (AvgIpc) is 2.92. The number of imidazole rings is 1. The number of H-pyrrole nitrogens is 2. The first kappa shape index (κ1) is 17.7. The Labute approximate surface area is 145 Å². The summed E-state index contributed by atoms with van der Waals surface area (Å²) in [5.74, 6) is 0.0239. The number of fused-ring (bicyclic) bond motifs is 1. The molecular formula is C16H22N4O4S. The third-order valence-electron chi connectivity index (χ3n) is 4.29. The van der Waals surface area contributed by atoms with E-state index in [2.05, 4.69) is 9.97 Å². The molecule has 1 saturated heterocycles. The van der Waals surface area contributed by atoms with Crippen molar-refractivity contribution >= 4 is 27.0 Å². The number of sulfonamides is 1. The van der Waals surface area contributed by atoms with E-state index in [1.165, 1.54) is 16.4 Å². The maximum atomic E-state index is 12.8. The zero-order valence-corrected chi connectivity index (χ0v) is 15.3. The summed E-state index contributed by atoms with van der Waals surface area (Å²) in [6, 6.07) is 4.50. The minimum atomic E-state index is -3.67. The Morgan fingerprint density at radius 1 is 1.04 bits per heavy atom. The van der Waals surface area contributed by atoms with Gasteiger partial charge >= 0.3 is 5.69 Å². The van der Waals surface area contributed by atoms with Crippen LogP contribution in [0.15, 0.2) is 27.9 Å². The number of aromatic nitrogens is 2. The molecule has 2 aromatic rings. The number of benzene rings is 1. The molecule has 8 nitrogen and oxygen atoms in total. The quantitative estimate of drug-likeness (QED) is 0.817. The van der Waals surface area contributed by atoms with Gasteiger partial charge in [-0.05, 0) is 18.2 Å². The topological polar surface area (TPSA) is 106 Å². The predicted octanol–water partition coefficient (Wildman–Crippen LogP) is 0.735. The molecule has 2 N–H and O–H groups in total.